The first kappa shape index (κ1) is 22.7. The molecule has 2 fully saturated rings. The van der Waals surface area contributed by atoms with Gasteiger partial charge in [-0.3, -0.25) is 4.99 Å². The number of nitrogens with one attached hydrogen (secondary N) is 1. The Balaban J connectivity index is 1.78. The molecule has 2 aliphatic heterocycles. The number of aliphatic imine (C=N–C) groups is 1. The predicted octanol–water partition coefficient (Wildman–Crippen LogP) is 1.94. The minimum atomic E-state index is -0.481. The van der Waals surface area contributed by atoms with Crippen molar-refractivity contribution in [2.24, 2.45) is 10.9 Å². The van der Waals surface area contributed by atoms with E-state index in [0.717, 1.165) is 45.0 Å². The van der Waals surface area contributed by atoms with Crippen LogP contribution >= 0.6 is 0 Å². The van der Waals surface area contributed by atoms with Gasteiger partial charge in [0.25, 0.3) is 0 Å². The quantitative estimate of drug-likeness (QED) is 0.564. The van der Waals surface area contributed by atoms with Gasteiger partial charge < -0.3 is 29.3 Å². The lowest BCUT2D eigenvalue weighted by atomic mass is 10.1. The van der Waals surface area contributed by atoms with Gasteiger partial charge in [-0.2, -0.15) is 0 Å². The summed E-state index contributed by atoms with van der Waals surface area (Å²) in [6.45, 7) is 12.2. The lowest BCUT2D eigenvalue weighted by Crippen LogP contribution is -2.54. The van der Waals surface area contributed by atoms with Gasteiger partial charge in [-0.15, -0.1) is 0 Å². The summed E-state index contributed by atoms with van der Waals surface area (Å²) >= 11 is 0. The second-order valence-electron chi connectivity index (χ2n) is 8.80. The summed E-state index contributed by atoms with van der Waals surface area (Å²) in [5.74, 6) is 1.13. The molecule has 0 aromatic carbocycles. The first-order chi connectivity index (χ1) is 13.2. The van der Waals surface area contributed by atoms with Crippen LogP contribution in [0, 0.1) is 5.92 Å². The average Bonchev–Trinajstić information content (AvgIpc) is 3.15. The zero-order valence-electron chi connectivity index (χ0n) is 18.4. The van der Waals surface area contributed by atoms with E-state index in [2.05, 4.69) is 22.1 Å². The number of hydrogen-bond donors (Lipinski definition) is 1. The maximum absolute atomic E-state index is 12.1. The van der Waals surface area contributed by atoms with Crippen LogP contribution in [0.25, 0.3) is 0 Å². The molecule has 0 spiro atoms. The fourth-order valence-corrected chi connectivity index (χ4v) is 3.53. The molecule has 1 amide bonds. The number of guanidine groups is 1. The molecule has 0 bridgehead atoms. The molecule has 2 heterocycles. The van der Waals surface area contributed by atoms with Gasteiger partial charge in [0.2, 0.25) is 0 Å². The molecule has 3 atom stereocenters. The minimum absolute atomic E-state index is 0.102. The topological polar surface area (TPSA) is 75.6 Å². The van der Waals surface area contributed by atoms with Crippen molar-refractivity contribution in [1.29, 1.82) is 0 Å². The van der Waals surface area contributed by atoms with Gasteiger partial charge in [-0.1, -0.05) is 6.92 Å². The first-order valence-electron chi connectivity index (χ1n) is 10.3. The SMILES string of the molecule is CN=C(NCC(C)CN(C)C(=O)OC(C)(C)C)N1CCOC(C2CCCO2)C1. The number of nitrogens with zero attached hydrogens (tertiary/aromatic N) is 3. The van der Waals surface area contributed by atoms with Gasteiger partial charge in [0.05, 0.1) is 12.7 Å². The van der Waals surface area contributed by atoms with E-state index < -0.39 is 5.60 Å². The van der Waals surface area contributed by atoms with Gasteiger partial charge >= 0.3 is 6.09 Å². The molecule has 8 heteroatoms. The second kappa shape index (κ2) is 10.3. The van der Waals surface area contributed by atoms with E-state index in [9.17, 15) is 4.79 Å². The highest BCUT2D eigenvalue weighted by atomic mass is 16.6. The van der Waals surface area contributed by atoms with E-state index in [-0.39, 0.29) is 24.2 Å². The molecule has 0 aromatic heterocycles. The zero-order chi connectivity index (χ0) is 20.7. The van der Waals surface area contributed by atoms with Crippen LogP contribution in [0.3, 0.4) is 0 Å². The highest BCUT2D eigenvalue weighted by Gasteiger charge is 2.32. The summed E-state index contributed by atoms with van der Waals surface area (Å²) in [6, 6.07) is 0. The van der Waals surface area contributed by atoms with E-state index in [1.807, 2.05) is 20.8 Å². The molecule has 1 N–H and O–H groups in total. The summed E-state index contributed by atoms with van der Waals surface area (Å²) < 4.78 is 17.1. The Bertz CT molecular complexity index is 529. The largest absolute Gasteiger partial charge is 0.444 e. The van der Waals surface area contributed by atoms with Crippen molar-refractivity contribution in [1.82, 2.24) is 15.1 Å². The Morgan fingerprint density at radius 2 is 2.04 bits per heavy atom. The van der Waals surface area contributed by atoms with E-state index in [1.165, 1.54) is 0 Å². The summed E-state index contributed by atoms with van der Waals surface area (Å²) in [5, 5.41) is 3.44. The number of amides is 1. The Morgan fingerprint density at radius 3 is 2.64 bits per heavy atom. The fourth-order valence-electron chi connectivity index (χ4n) is 3.53. The van der Waals surface area contributed by atoms with Crippen LogP contribution in [0.2, 0.25) is 0 Å². The normalized spacial score (nSPS) is 24.8. The third-order valence-electron chi connectivity index (χ3n) is 4.88. The fraction of sp³-hybridized carbons (Fsp3) is 0.900. The smallest absolute Gasteiger partial charge is 0.410 e. The van der Waals surface area contributed by atoms with Crippen molar-refractivity contribution in [3.63, 3.8) is 0 Å². The lowest BCUT2D eigenvalue weighted by Gasteiger charge is -2.37. The van der Waals surface area contributed by atoms with Gasteiger partial charge in [-0.05, 0) is 39.5 Å². The van der Waals surface area contributed by atoms with Crippen LogP contribution in [0.4, 0.5) is 4.79 Å². The van der Waals surface area contributed by atoms with Crippen molar-refractivity contribution in [2.45, 2.75) is 58.3 Å². The van der Waals surface area contributed by atoms with E-state index in [4.69, 9.17) is 14.2 Å². The minimum Gasteiger partial charge on any atom is -0.444 e. The van der Waals surface area contributed by atoms with Crippen molar-refractivity contribution < 1.29 is 19.0 Å². The Morgan fingerprint density at radius 1 is 1.32 bits per heavy atom. The molecular formula is C20H38N4O4. The highest BCUT2D eigenvalue weighted by molar-refractivity contribution is 5.80. The van der Waals surface area contributed by atoms with Crippen LogP contribution in [0.5, 0.6) is 0 Å². The van der Waals surface area contributed by atoms with Crippen LogP contribution in [-0.2, 0) is 14.2 Å². The zero-order valence-corrected chi connectivity index (χ0v) is 18.4. The maximum Gasteiger partial charge on any atom is 0.410 e. The van der Waals surface area contributed by atoms with Crippen LogP contribution in [0.1, 0.15) is 40.5 Å². The molecule has 2 rings (SSSR count). The molecule has 0 aromatic rings. The Kier molecular flexibility index (Phi) is 8.37. The number of rotatable bonds is 5. The average molecular weight is 399 g/mol. The second-order valence-corrected chi connectivity index (χ2v) is 8.80. The molecule has 3 unspecified atom stereocenters. The number of ether oxygens (including phenoxy) is 3. The van der Waals surface area contributed by atoms with Crippen LogP contribution in [0.15, 0.2) is 4.99 Å². The van der Waals surface area contributed by atoms with Crippen molar-refractivity contribution in [3.8, 4) is 0 Å². The molecule has 8 nitrogen and oxygen atoms in total. The number of carbonyl (C=O) groups is 1. The standard InChI is InChI=1S/C20H38N4O4/c1-15(13-23(6)19(25)28-20(2,3)4)12-22-18(21-5)24-9-11-27-17(14-24)16-8-7-10-26-16/h15-17H,7-14H2,1-6H3,(H,21,22). The van der Waals surface area contributed by atoms with Gasteiger partial charge in [0.15, 0.2) is 5.96 Å². The van der Waals surface area contributed by atoms with E-state index >= 15 is 0 Å². The summed E-state index contributed by atoms with van der Waals surface area (Å²) in [6.07, 6.45) is 2.18. The number of hydrogen-bond acceptors (Lipinski definition) is 5. The van der Waals surface area contributed by atoms with Crippen molar-refractivity contribution in [3.05, 3.63) is 0 Å². The van der Waals surface area contributed by atoms with Crippen molar-refractivity contribution >= 4 is 12.1 Å². The summed E-state index contributed by atoms with van der Waals surface area (Å²) in [7, 11) is 3.57. The molecule has 28 heavy (non-hydrogen) atoms. The summed E-state index contributed by atoms with van der Waals surface area (Å²) in [4.78, 5) is 20.4. The third-order valence-corrected chi connectivity index (χ3v) is 4.88. The van der Waals surface area contributed by atoms with Crippen LogP contribution < -0.4 is 5.32 Å². The predicted molar refractivity (Wildman–Crippen MR) is 110 cm³/mol. The molecule has 0 saturated carbocycles. The van der Waals surface area contributed by atoms with Crippen molar-refractivity contribution in [2.75, 3.05) is 53.5 Å². The molecule has 2 aliphatic rings. The third kappa shape index (κ3) is 7.13. The Hall–Kier alpha value is -1.54. The Labute approximate surface area is 169 Å². The van der Waals surface area contributed by atoms with Gasteiger partial charge in [0.1, 0.15) is 11.7 Å². The first-order valence-corrected chi connectivity index (χ1v) is 10.3. The van der Waals surface area contributed by atoms with Gasteiger partial charge in [0, 0.05) is 46.9 Å². The van der Waals surface area contributed by atoms with E-state index in [0.29, 0.717) is 13.2 Å². The monoisotopic (exact) mass is 398 g/mol. The van der Waals surface area contributed by atoms with Gasteiger partial charge in [-0.25, -0.2) is 4.79 Å². The lowest BCUT2D eigenvalue weighted by molar-refractivity contribution is -0.0817. The molecule has 2 saturated heterocycles. The molecule has 162 valence electrons. The molecule has 0 aliphatic carbocycles. The number of morpholine rings is 1. The van der Waals surface area contributed by atoms with E-state index in [1.54, 1.807) is 19.0 Å². The molecule has 0 radical (unpaired) electrons. The molecular weight excluding hydrogens is 360 g/mol. The maximum atomic E-state index is 12.1. The summed E-state index contributed by atoms with van der Waals surface area (Å²) in [5.41, 5.74) is -0.481. The highest BCUT2D eigenvalue weighted by Crippen LogP contribution is 2.21. The number of carbonyl (C=O) groups excluding carboxylic acids is 1. The van der Waals surface area contributed by atoms with Crippen LogP contribution in [-0.4, -0.2) is 93.1 Å².